The minimum atomic E-state index is -0.542. The van der Waals surface area contributed by atoms with Crippen molar-refractivity contribution in [3.8, 4) is 16.3 Å². The van der Waals surface area contributed by atoms with Gasteiger partial charge in [0.25, 0.3) is 0 Å². The van der Waals surface area contributed by atoms with Crippen molar-refractivity contribution in [2.24, 2.45) is 5.92 Å². The Balaban J connectivity index is 1.84. The number of alkyl carbamates (subject to hydrolysis) is 1. The molecule has 0 radical (unpaired) electrons. The predicted molar refractivity (Wildman–Crippen MR) is 111 cm³/mol. The number of carbonyl (C=O) groups excluding carboxylic acids is 2. The maximum Gasteiger partial charge on any atom is 0.407 e. The van der Waals surface area contributed by atoms with Gasteiger partial charge in [-0.25, -0.2) is 9.78 Å². The molecule has 1 atom stereocenters. The lowest BCUT2D eigenvalue weighted by Gasteiger charge is -2.20. The first kappa shape index (κ1) is 21.7. The van der Waals surface area contributed by atoms with Gasteiger partial charge in [0.15, 0.2) is 0 Å². The first-order valence-electron chi connectivity index (χ1n) is 9.06. The Hall–Kier alpha value is -2.61. The molecule has 2 amide bonds. The van der Waals surface area contributed by atoms with Crippen LogP contribution in [0.25, 0.3) is 10.6 Å². The number of hydrogen-bond acceptors (Lipinski definition) is 6. The largest absolute Gasteiger partial charge is 0.497 e. The fourth-order valence-electron chi connectivity index (χ4n) is 2.30. The van der Waals surface area contributed by atoms with Gasteiger partial charge in [-0.3, -0.25) is 4.79 Å². The van der Waals surface area contributed by atoms with Crippen molar-refractivity contribution < 1.29 is 19.1 Å². The van der Waals surface area contributed by atoms with Crippen LogP contribution in [0.3, 0.4) is 0 Å². The SMILES string of the molecule is COc1cccc(-c2ncc(NC(=O)[C@H](C)CCNC(=O)OC(C)(C)C)s2)c1. The van der Waals surface area contributed by atoms with Crippen LogP contribution < -0.4 is 15.4 Å². The average Bonchev–Trinajstić information content (AvgIpc) is 3.08. The van der Waals surface area contributed by atoms with Crippen LogP contribution in [-0.2, 0) is 9.53 Å². The number of methoxy groups -OCH3 is 1. The summed E-state index contributed by atoms with van der Waals surface area (Å²) in [5.74, 6) is 0.369. The Kier molecular flexibility index (Phi) is 7.39. The highest BCUT2D eigenvalue weighted by atomic mass is 32.1. The van der Waals surface area contributed by atoms with E-state index >= 15 is 0 Å². The summed E-state index contributed by atoms with van der Waals surface area (Å²) in [6.45, 7) is 7.59. The number of rotatable bonds is 7. The lowest BCUT2D eigenvalue weighted by molar-refractivity contribution is -0.119. The molecule has 2 aromatic rings. The fraction of sp³-hybridized carbons (Fsp3) is 0.450. The summed E-state index contributed by atoms with van der Waals surface area (Å²) < 4.78 is 10.4. The van der Waals surface area contributed by atoms with Crippen LogP contribution in [0.4, 0.5) is 9.80 Å². The zero-order valence-corrected chi connectivity index (χ0v) is 17.7. The zero-order chi connectivity index (χ0) is 20.7. The summed E-state index contributed by atoms with van der Waals surface area (Å²) in [6, 6.07) is 7.60. The summed E-state index contributed by atoms with van der Waals surface area (Å²) >= 11 is 1.40. The molecule has 0 aliphatic rings. The van der Waals surface area contributed by atoms with E-state index in [-0.39, 0.29) is 11.8 Å². The molecule has 1 aromatic carbocycles. The summed E-state index contributed by atoms with van der Waals surface area (Å²) in [4.78, 5) is 28.4. The number of amides is 2. The van der Waals surface area contributed by atoms with Crippen molar-refractivity contribution in [1.29, 1.82) is 0 Å². The molecule has 28 heavy (non-hydrogen) atoms. The van der Waals surface area contributed by atoms with E-state index in [1.165, 1.54) is 11.3 Å². The molecule has 1 aromatic heterocycles. The number of carbonyl (C=O) groups is 2. The molecule has 0 saturated heterocycles. The van der Waals surface area contributed by atoms with Gasteiger partial charge in [-0.1, -0.05) is 30.4 Å². The second-order valence-corrected chi connectivity index (χ2v) is 8.40. The number of ether oxygens (including phenoxy) is 2. The third kappa shape index (κ3) is 6.84. The van der Waals surface area contributed by atoms with Gasteiger partial charge in [-0.05, 0) is 39.3 Å². The van der Waals surface area contributed by atoms with Crippen molar-refractivity contribution in [2.75, 3.05) is 19.0 Å². The topological polar surface area (TPSA) is 89.5 Å². The maximum absolute atomic E-state index is 12.4. The molecule has 0 spiro atoms. The molecule has 0 bridgehead atoms. The Morgan fingerprint density at radius 2 is 2.04 bits per heavy atom. The van der Waals surface area contributed by atoms with Crippen LogP contribution in [0.1, 0.15) is 34.1 Å². The third-order valence-corrected chi connectivity index (χ3v) is 4.72. The zero-order valence-electron chi connectivity index (χ0n) is 16.9. The van der Waals surface area contributed by atoms with Crippen LogP contribution in [0.15, 0.2) is 30.5 Å². The average molecular weight is 406 g/mol. The highest BCUT2D eigenvalue weighted by molar-refractivity contribution is 7.19. The third-order valence-electron chi connectivity index (χ3n) is 3.76. The number of benzene rings is 1. The molecular formula is C20H27N3O4S. The van der Waals surface area contributed by atoms with E-state index in [1.54, 1.807) is 34.1 Å². The van der Waals surface area contributed by atoms with Gasteiger partial charge < -0.3 is 20.1 Å². The number of nitrogens with one attached hydrogen (secondary N) is 2. The minimum absolute atomic E-state index is 0.119. The number of aromatic nitrogens is 1. The van der Waals surface area contributed by atoms with E-state index in [4.69, 9.17) is 9.47 Å². The van der Waals surface area contributed by atoms with E-state index in [1.807, 2.05) is 31.2 Å². The van der Waals surface area contributed by atoms with Crippen LogP contribution in [0.2, 0.25) is 0 Å². The van der Waals surface area contributed by atoms with Gasteiger partial charge in [0.1, 0.15) is 21.4 Å². The maximum atomic E-state index is 12.4. The molecule has 2 rings (SSSR count). The number of thiazole rings is 1. The Morgan fingerprint density at radius 1 is 1.29 bits per heavy atom. The van der Waals surface area contributed by atoms with Crippen molar-refractivity contribution in [1.82, 2.24) is 10.3 Å². The van der Waals surface area contributed by atoms with E-state index in [9.17, 15) is 9.59 Å². The van der Waals surface area contributed by atoms with Crippen LogP contribution in [0.5, 0.6) is 5.75 Å². The second-order valence-electron chi connectivity index (χ2n) is 7.37. The Morgan fingerprint density at radius 3 is 2.71 bits per heavy atom. The molecule has 7 nitrogen and oxygen atoms in total. The van der Waals surface area contributed by atoms with Gasteiger partial charge in [-0.15, -0.1) is 0 Å². The van der Waals surface area contributed by atoms with Crippen molar-refractivity contribution in [2.45, 2.75) is 39.7 Å². The second kappa shape index (κ2) is 9.54. The molecule has 0 aliphatic carbocycles. The van der Waals surface area contributed by atoms with Gasteiger partial charge in [0.05, 0.1) is 13.3 Å². The fourth-order valence-corrected chi connectivity index (χ4v) is 3.12. The molecule has 2 N–H and O–H groups in total. The smallest absolute Gasteiger partial charge is 0.407 e. The quantitative estimate of drug-likeness (QED) is 0.716. The van der Waals surface area contributed by atoms with E-state index in [0.717, 1.165) is 16.3 Å². The van der Waals surface area contributed by atoms with Crippen LogP contribution in [-0.4, -0.2) is 36.2 Å². The van der Waals surface area contributed by atoms with Crippen molar-refractivity contribution in [3.63, 3.8) is 0 Å². The molecular weight excluding hydrogens is 378 g/mol. The van der Waals surface area contributed by atoms with Crippen molar-refractivity contribution in [3.05, 3.63) is 30.5 Å². The highest BCUT2D eigenvalue weighted by Crippen LogP contribution is 2.30. The van der Waals surface area contributed by atoms with Crippen molar-refractivity contribution >= 4 is 28.3 Å². The predicted octanol–water partition coefficient (Wildman–Crippen LogP) is 4.31. The summed E-state index contributed by atoms with van der Waals surface area (Å²) in [5.41, 5.74) is 0.388. The van der Waals surface area contributed by atoms with E-state index in [0.29, 0.717) is 18.0 Å². The molecule has 0 unspecified atom stereocenters. The molecule has 8 heteroatoms. The summed E-state index contributed by atoms with van der Waals surface area (Å²) in [7, 11) is 1.62. The van der Waals surface area contributed by atoms with Gasteiger partial charge in [0.2, 0.25) is 5.91 Å². The van der Waals surface area contributed by atoms with Gasteiger partial charge in [0, 0.05) is 18.0 Å². The summed E-state index contributed by atoms with van der Waals surface area (Å²) in [5, 5.41) is 7.02. The molecule has 0 saturated carbocycles. The minimum Gasteiger partial charge on any atom is -0.497 e. The summed E-state index contributed by atoms with van der Waals surface area (Å²) in [6.07, 6.45) is 1.67. The number of nitrogens with zero attached hydrogens (tertiary/aromatic N) is 1. The Labute approximate surface area is 169 Å². The van der Waals surface area contributed by atoms with E-state index < -0.39 is 11.7 Å². The molecule has 1 heterocycles. The van der Waals surface area contributed by atoms with Crippen LogP contribution in [0, 0.1) is 5.92 Å². The number of hydrogen-bond donors (Lipinski definition) is 2. The molecule has 0 fully saturated rings. The molecule has 0 aliphatic heterocycles. The van der Waals surface area contributed by atoms with Crippen LogP contribution >= 0.6 is 11.3 Å². The monoisotopic (exact) mass is 405 g/mol. The van der Waals surface area contributed by atoms with Gasteiger partial charge in [-0.2, -0.15) is 0 Å². The molecule has 152 valence electrons. The lowest BCUT2D eigenvalue weighted by Crippen LogP contribution is -2.34. The standard InChI is InChI=1S/C20H27N3O4S/c1-13(9-10-21-19(25)27-20(2,3)4)17(24)23-16-12-22-18(28-16)14-7-6-8-15(11-14)26-5/h6-8,11-13H,9-10H2,1-5H3,(H,21,25)(H,23,24)/t13-/m1/s1. The van der Waals surface area contributed by atoms with Gasteiger partial charge >= 0.3 is 6.09 Å². The first-order valence-corrected chi connectivity index (χ1v) is 9.87. The highest BCUT2D eigenvalue weighted by Gasteiger charge is 2.18. The lowest BCUT2D eigenvalue weighted by atomic mass is 10.1. The van der Waals surface area contributed by atoms with E-state index in [2.05, 4.69) is 15.6 Å². The number of anilines is 1. The normalized spacial score (nSPS) is 12.2. The first-order chi connectivity index (χ1) is 13.2. The Bertz CT molecular complexity index is 814.